The Morgan fingerprint density at radius 2 is 1.77 bits per heavy atom. The summed E-state index contributed by atoms with van der Waals surface area (Å²) in [6.45, 7) is 3.87. The number of thioether (sulfide) groups is 1. The second-order valence-corrected chi connectivity index (χ2v) is 7.80. The van der Waals surface area contributed by atoms with Crippen molar-refractivity contribution in [3.8, 4) is 17.1 Å². The fourth-order valence-corrected chi connectivity index (χ4v) is 3.97. The molecule has 30 heavy (non-hydrogen) atoms. The number of benzene rings is 2. The summed E-state index contributed by atoms with van der Waals surface area (Å²) in [7, 11) is 0. The van der Waals surface area contributed by atoms with Crippen LogP contribution in [0.25, 0.3) is 17.1 Å². The van der Waals surface area contributed by atoms with Gasteiger partial charge in [0.25, 0.3) is 0 Å². The van der Waals surface area contributed by atoms with Crippen LogP contribution in [0.4, 0.5) is 0 Å². The van der Waals surface area contributed by atoms with Crippen LogP contribution in [0.1, 0.15) is 24.3 Å². The van der Waals surface area contributed by atoms with Gasteiger partial charge in [-0.3, -0.25) is 9.36 Å². The van der Waals surface area contributed by atoms with Gasteiger partial charge in [-0.25, -0.2) is 0 Å². The molecule has 4 rings (SSSR count). The molecule has 0 aliphatic rings. The van der Waals surface area contributed by atoms with Gasteiger partial charge in [0.15, 0.2) is 11.0 Å². The van der Waals surface area contributed by atoms with E-state index in [1.165, 1.54) is 11.8 Å². The first-order chi connectivity index (χ1) is 14.6. The first kappa shape index (κ1) is 20.0. The predicted octanol–water partition coefficient (Wildman–Crippen LogP) is 4.81. The second-order valence-electron chi connectivity index (χ2n) is 6.86. The molecule has 1 unspecified atom stereocenters. The average Bonchev–Trinajstić information content (AvgIpc) is 3.39. The van der Waals surface area contributed by atoms with Crippen LogP contribution < -0.4 is 5.32 Å². The van der Waals surface area contributed by atoms with Crippen molar-refractivity contribution in [1.82, 2.24) is 20.1 Å². The van der Waals surface area contributed by atoms with Gasteiger partial charge in [0.1, 0.15) is 5.76 Å². The van der Waals surface area contributed by atoms with Crippen molar-refractivity contribution in [3.63, 3.8) is 0 Å². The molecular formula is C23H22N4O2S. The highest BCUT2D eigenvalue weighted by atomic mass is 32.2. The van der Waals surface area contributed by atoms with E-state index in [-0.39, 0.29) is 17.7 Å². The Labute approximate surface area is 179 Å². The van der Waals surface area contributed by atoms with Crippen LogP contribution in [0.5, 0.6) is 0 Å². The van der Waals surface area contributed by atoms with E-state index in [0.29, 0.717) is 11.0 Å². The Balaban J connectivity index is 1.54. The maximum absolute atomic E-state index is 12.5. The first-order valence-electron chi connectivity index (χ1n) is 9.66. The quantitative estimate of drug-likeness (QED) is 0.436. The SMILES string of the molecule is Cc1occc1-c1nnc(SCC(=O)NC(C)c2ccccc2)n1-c1ccccc1. The third kappa shape index (κ3) is 4.31. The van der Waals surface area contributed by atoms with Crippen molar-refractivity contribution in [2.75, 3.05) is 5.75 Å². The standard InChI is InChI=1S/C23H22N4O2S/c1-16(18-9-5-3-6-10-18)24-21(28)15-30-23-26-25-22(20-13-14-29-17(20)2)27(23)19-11-7-4-8-12-19/h3-14,16H,15H2,1-2H3,(H,24,28). The van der Waals surface area contributed by atoms with Crippen LogP contribution in [-0.2, 0) is 4.79 Å². The number of carbonyl (C=O) groups is 1. The van der Waals surface area contributed by atoms with E-state index in [2.05, 4.69) is 15.5 Å². The number of amides is 1. The molecule has 0 saturated carbocycles. The number of furan rings is 1. The van der Waals surface area contributed by atoms with E-state index in [0.717, 1.165) is 22.6 Å². The molecule has 2 aromatic carbocycles. The normalized spacial score (nSPS) is 11.9. The van der Waals surface area contributed by atoms with Crippen molar-refractivity contribution in [3.05, 3.63) is 84.3 Å². The van der Waals surface area contributed by atoms with E-state index in [4.69, 9.17) is 4.42 Å². The fourth-order valence-electron chi connectivity index (χ4n) is 3.20. The summed E-state index contributed by atoms with van der Waals surface area (Å²) in [4.78, 5) is 12.5. The van der Waals surface area contributed by atoms with E-state index in [1.54, 1.807) is 6.26 Å². The number of para-hydroxylation sites is 1. The Morgan fingerprint density at radius 3 is 2.43 bits per heavy atom. The minimum Gasteiger partial charge on any atom is -0.469 e. The molecule has 2 heterocycles. The predicted molar refractivity (Wildman–Crippen MR) is 118 cm³/mol. The molecule has 0 aliphatic heterocycles. The van der Waals surface area contributed by atoms with Gasteiger partial charge < -0.3 is 9.73 Å². The molecule has 152 valence electrons. The van der Waals surface area contributed by atoms with E-state index in [9.17, 15) is 4.79 Å². The van der Waals surface area contributed by atoms with Gasteiger partial charge in [-0.1, -0.05) is 60.3 Å². The molecule has 0 saturated heterocycles. The molecule has 0 radical (unpaired) electrons. The summed E-state index contributed by atoms with van der Waals surface area (Å²) in [5, 5.41) is 12.4. The topological polar surface area (TPSA) is 72.9 Å². The molecular weight excluding hydrogens is 396 g/mol. The number of hydrogen-bond acceptors (Lipinski definition) is 5. The van der Waals surface area contributed by atoms with Gasteiger partial charge in [-0.2, -0.15) is 0 Å². The molecule has 4 aromatic rings. The Bertz CT molecular complexity index is 1120. The van der Waals surface area contributed by atoms with E-state index >= 15 is 0 Å². The summed E-state index contributed by atoms with van der Waals surface area (Å²) in [5.74, 6) is 1.64. The minimum atomic E-state index is -0.0598. The largest absolute Gasteiger partial charge is 0.469 e. The van der Waals surface area contributed by atoms with Gasteiger partial charge >= 0.3 is 0 Å². The van der Waals surface area contributed by atoms with Gasteiger partial charge in [0, 0.05) is 5.69 Å². The Kier molecular flexibility index (Phi) is 5.99. The summed E-state index contributed by atoms with van der Waals surface area (Å²) < 4.78 is 7.41. The van der Waals surface area contributed by atoms with Crippen molar-refractivity contribution in [2.45, 2.75) is 25.0 Å². The minimum absolute atomic E-state index is 0.0555. The van der Waals surface area contributed by atoms with Gasteiger partial charge in [0.2, 0.25) is 5.91 Å². The van der Waals surface area contributed by atoms with Crippen molar-refractivity contribution < 1.29 is 9.21 Å². The lowest BCUT2D eigenvalue weighted by molar-refractivity contribution is -0.119. The zero-order chi connectivity index (χ0) is 20.9. The number of nitrogens with one attached hydrogen (secondary N) is 1. The fraction of sp³-hybridized carbons (Fsp3) is 0.174. The van der Waals surface area contributed by atoms with Crippen molar-refractivity contribution >= 4 is 17.7 Å². The monoisotopic (exact) mass is 418 g/mol. The lowest BCUT2D eigenvalue weighted by Gasteiger charge is -2.14. The summed E-state index contributed by atoms with van der Waals surface area (Å²) in [6, 6.07) is 21.6. The van der Waals surface area contributed by atoms with Crippen LogP contribution in [0.2, 0.25) is 0 Å². The number of carbonyl (C=O) groups excluding carboxylic acids is 1. The number of aryl methyl sites for hydroxylation is 1. The molecule has 1 amide bonds. The Hall–Kier alpha value is -3.32. The van der Waals surface area contributed by atoms with Crippen LogP contribution in [-0.4, -0.2) is 26.4 Å². The number of aromatic nitrogens is 3. The lowest BCUT2D eigenvalue weighted by atomic mass is 10.1. The van der Waals surface area contributed by atoms with Crippen LogP contribution in [0.15, 0.2) is 82.6 Å². The van der Waals surface area contributed by atoms with E-state index in [1.807, 2.05) is 85.1 Å². The molecule has 6 nitrogen and oxygen atoms in total. The maximum atomic E-state index is 12.5. The van der Waals surface area contributed by atoms with E-state index < -0.39 is 0 Å². The number of hydrogen-bond donors (Lipinski definition) is 1. The molecule has 0 spiro atoms. The molecule has 7 heteroatoms. The highest BCUT2D eigenvalue weighted by Gasteiger charge is 2.20. The molecule has 0 bridgehead atoms. The third-order valence-corrected chi connectivity index (χ3v) is 5.69. The molecule has 0 aliphatic carbocycles. The highest BCUT2D eigenvalue weighted by Crippen LogP contribution is 2.30. The summed E-state index contributed by atoms with van der Waals surface area (Å²) >= 11 is 1.36. The molecule has 1 N–H and O–H groups in total. The maximum Gasteiger partial charge on any atom is 0.230 e. The zero-order valence-corrected chi connectivity index (χ0v) is 17.6. The second kappa shape index (κ2) is 9.00. The smallest absolute Gasteiger partial charge is 0.230 e. The van der Waals surface area contributed by atoms with Crippen molar-refractivity contribution in [1.29, 1.82) is 0 Å². The number of rotatable bonds is 7. The highest BCUT2D eigenvalue weighted by molar-refractivity contribution is 7.99. The zero-order valence-electron chi connectivity index (χ0n) is 16.8. The Morgan fingerprint density at radius 1 is 1.07 bits per heavy atom. The first-order valence-corrected chi connectivity index (χ1v) is 10.6. The number of nitrogens with zero attached hydrogens (tertiary/aromatic N) is 3. The molecule has 1 atom stereocenters. The summed E-state index contributed by atoms with van der Waals surface area (Å²) in [5.41, 5.74) is 2.88. The lowest BCUT2D eigenvalue weighted by Crippen LogP contribution is -2.28. The molecule has 2 aromatic heterocycles. The average molecular weight is 419 g/mol. The van der Waals surface area contributed by atoms with Crippen LogP contribution in [0.3, 0.4) is 0 Å². The van der Waals surface area contributed by atoms with Gasteiger partial charge in [0.05, 0.1) is 23.6 Å². The van der Waals surface area contributed by atoms with Crippen LogP contribution >= 0.6 is 11.8 Å². The van der Waals surface area contributed by atoms with Crippen molar-refractivity contribution in [2.24, 2.45) is 0 Å². The van der Waals surface area contributed by atoms with Gasteiger partial charge in [-0.15, -0.1) is 10.2 Å². The van der Waals surface area contributed by atoms with Gasteiger partial charge in [-0.05, 0) is 37.6 Å². The molecule has 0 fully saturated rings. The third-order valence-electron chi connectivity index (χ3n) is 4.76. The summed E-state index contributed by atoms with van der Waals surface area (Å²) in [6.07, 6.45) is 1.64. The van der Waals surface area contributed by atoms with Crippen LogP contribution in [0, 0.1) is 6.92 Å².